The molecule has 8 heteroatoms. The Morgan fingerprint density at radius 1 is 1.03 bits per heavy atom. The van der Waals surface area contributed by atoms with Crippen LogP contribution in [0.5, 0.6) is 5.75 Å². The Kier molecular flexibility index (Phi) is 5.60. The van der Waals surface area contributed by atoms with Crippen molar-refractivity contribution in [3.63, 3.8) is 0 Å². The van der Waals surface area contributed by atoms with E-state index in [-0.39, 0.29) is 17.7 Å². The van der Waals surface area contributed by atoms with Crippen LogP contribution in [0.2, 0.25) is 0 Å². The molecule has 3 heterocycles. The van der Waals surface area contributed by atoms with Crippen molar-refractivity contribution in [2.24, 2.45) is 7.05 Å². The van der Waals surface area contributed by atoms with Crippen molar-refractivity contribution in [3.8, 4) is 17.1 Å². The first-order chi connectivity index (χ1) is 15.7. The number of carbonyl (C=O) groups is 1. The van der Waals surface area contributed by atoms with Crippen LogP contribution in [-0.4, -0.2) is 38.0 Å². The number of anilines is 1. The minimum atomic E-state index is -0.189. The van der Waals surface area contributed by atoms with Gasteiger partial charge in [-0.05, 0) is 29.8 Å². The van der Waals surface area contributed by atoms with Gasteiger partial charge < -0.3 is 9.30 Å². The van der Waals surface area contributed by atoms with Gasteiger partial charge in [0, 0.05) is 25.0 Å². The number of carbonyl (C=O) groups excluding carboxylic acids is 1. The Balaban J connectivity index is 1.39. The van der Waals surface area contributed by atoms with Gasteiger partial charge in [0.1, 0.15) is 12.4 Å². The molecule has 0 saturated heterocycles. The molecule has 0 N–H and O–H groups in total. The highest BCUT2D eigenvalue weighted by molar-refractivity contribution is 7.99. The van der Waals surface area contributed by atoms with Crippen molar-refractivity contribution >= 4 is 23.4 Å². The van der Waals surface area contributed by atoms with Crippen molar-refractivity contribution in [3.05, 3.63) is 84.7 Å². The Labute approximate surface area is 190 Å². The van der Waals surface area contributed by atoms with Gasteiger partial charge in [-0.2, -0.15) is 0 Å². The van der Waals surface area contributed by atoms with E-state index in [0.717, 1.165) is 28.4 Å². The summed E-state index contributed by atoms with van der Waals surface area (Å²) in [7, 11) is 1.90. The van der Waals surface area contributed by atoms with Crippen molar-refractivity contribution in [2.75, 3.05) is 17.3 Å². The molecule has 0 radical (unpaired) electrons. The van der Waals surface area contributed by atoms with Gasteiger partial charge in [0.2, 0.25) is 5.91 Å². The second-order valence-electron chi connectivity index (χ2n) is 7.36. The van der Waals surface area contributed by atoms with Crippen LogP contribution < -0.4 is 9.64 Å². The van der Waals surface area contributed by atoms with Gasteiger partial charge in [-0.3, -0.25) is 14.7 Å². The van der Waals surface area contributed by atoms with Crippen LogP contribution >= 0.6 is 11.8 Å². The fourth-order valence-corrected chi connectivity index (χ4v) is 4.58. The van der Waals surface area contributed by atoms with Gasteiger partial charge in [0.15, 0.2) is 11.0 Å². The summed E-state index contributed by atoms with van der Waals surface area (Å²) in [6.07, 6.45) is 3.44. The molecule has 160 valence electrons. The Morgan fingerprint density at radius 3 is 2.59 bits per heavy atom. The number of thioether (sulfide) groups is 1. The smallest absolute Gasteiger partial charge is 0.238 e. The second-order valence-corrected chi connectivity index (χ2v) is 8.30. The van der Waals surface area contributed by atoms with Crippen molar-refractivity contribution in [1.29, 1.82) is 0 Å². The van der Waals surface area contributed by atoms with Crippen LogP contribution in [-0.2, 0) is 11.8 Å². The first-order valence-electron chi connectivity index (χ1n) is 10.2. The van der Waals surface area contributed by atoms with Gasteiger partial charge in [-0.25, -0.2) is 0 Å². The van der Waals surface area contributed by atoms with E-state index in [2.05, 4.69) is 15.2 Å². The van der Waals surface area contributed by atoms with E-state index >= 15 is 0 Å². The molecule has 1 aliphatic heterocycles. The summed E-state index contributed by atoms with van der Waals surface area (Å²) in [4.78, 5) is 19.4. The number of amides is 1. The monoisotopic (exact) mass is 443 g/mol. The molecule has 1 atom stereocenters. The van der Waals surface area contributed by atoms with Gasteiger partial charge in [-0.1, -0.05) is 54.2 Å². The lowest BCUT2D eigenvalue weighted by Gasteiger charge is -2.37. The third-order valence-electron chi connectivity index (χ3n) is 5.38. The number of para-hydroxylation sites is 2. The molecule has 1 unspecified atom stereocenters. The van der Waals surface area contributed by atoms with E-state index in [4.69, 9.17) is 4.74 Å². The van der Waals surface area contributed by atoms with Crippen LogP contribution in [0.4, 0.5) is 5.69 Å². The summed E-state index contributed by atoms with van der Waals surface area (Å²) >= 11 is 1.38. The molecule has 4 aromatic rings. The Morgan fingerprint density at radius 2 is 1.78 bits per heavy atom. The number of fused-ring (bicyclic) bond motifs is 1. The first-order valence-corrected chi connectivity index (χ1v) is 11.2. The molecule has 7 nitrogen and oxygen atoms in total. The average molecular weight is 444 g/mol. The van der Waals surface area contributed by atoms with E-state index in [0.29, 0.717) is 11.8 Å². The minimum absolute atomic E-state index is 0.00642. The zero-order chi connectivity index (χ0) is 21.9. The highest BCUT2D eigenvalue weighted by Gasteiger charge is 2.33. The zero-order valence-electron chi connectivity index (χ0n) is 17.5. The summed E-state index contributed by atoms with van der Waals surface area (Å²) in [5.41, 5.74) is 2.76. The van der Waals surface area contributed by atoms with Crippen molar-refractivity contribution < 1.29 is 9.53 Å². The van der Waals surface area contributed by atoms with E-state index in [1.54, 1.807) is 12.4 Å². The molecule has 5 rings (SSSR count). The van der Waals surface area contributed by atoms with E-state index in [1.165, 1.54) is 11.8 Å². The SMILES string of the molecule is Cn1c(SCC(=O)N2c3ccccc3OCC2c2ccccc2)nnc1-c1ccncc1. The van der Waals surface area contributed by atoms with Gasteiger partial charge in [-0.15, -0.1) is 10.2 Å². The molecule has 0 saturated carbocycles. The molecule has 2 aromatic heterocycles. The predicted octanol–water partition coefficient (Wildman–Crippen LogP) is 4.14. The fourth-order valence-electron chi connectivity index (χ4n) is 3.81. The lowest BCUT2D eigenvalue weighted by Crippen LogP contribution is -2.42. The second kappa shape index (κ2) is 8.84. The van der Waals surface area contributed by atoms with Crippen LogP contribution in [0, 0.1) is 0 Å². The Bertz CT molecular complexity index is 1230. The molecule has 0 bridgehead atoms. The number of rotatable bonds is 5. The lowest BCUT2D eigenvalue weighted by atomic mass is 10.0. The quantitative estimate of drug-likeness (QED) is 0.432. The number of ether oxygens (including phenoxy) is 1. The first kappa shape index (κ1) is 20.3. The maximum atomic E-state index is 13.5. The summed E-state index contributed by atoms with van der Waals surface area (Å²) in [6, 6.07) is 21.2. The number of nitrogens with zero attached hydrogens (tertiary/aromatic N) is 5. The van der Waals surface area contributed by atoms with Crippen molar-refractivity contribution in [2.45, 2.75) is 11.2 Å². The van der Waals surface area contributed by atoms with E-state index < -0.39 is 0 Å². The zero-order valence-corrected chi connectivity index (χ0v) is 18.3. The lowest BCUT2D eigenvalue weighted by molar-refractivity contribution is -0.117. The summed E-state index contributed by atoms with van der Waals surface area (Å²) in [6.45, 7) is 0.410. The molecular formula is C24H21N5O2S. The normalized spacial score (nSPS) is 15.2. The van der Waals surface area contributed by atoms with Gasteiger partial charge in [0.25, 0.3) is 0 Å². The summed E-state index contributed by atoms with van der Waals surface area (Å²) < 4.78 is 7.87. The maximum absolute atomic E-state index is 13.5. The molecule has 1 amide bonds. The third kappa shape index (κ3) is 3.85. The highest BCUT2D eigenvalue weighted by Crippen LogP contribution is 2.39. The summed E-state index contributed by atoms with van der Waals surface area (Å²) in [5, 5.41) is 9.27. The average Bonchev–Trinajstić information content (AvgIpc) is 3.23. The molecule has 1 aliphatic rings. The molecule has 0 spiro atoms. The highest BCUT2D eigenvalue weighted by atomic mass is 32.2. The fraction of sp³-hybridized carbons (Fsp3) is 0.167. The van der Waals surface area contributed by atoms with Gasteiger partial charge in [0.05, 0.1) is 17.5 Å². The van der Waals surface area contributed by atoms with Crippen LogP contribution in [0.25, 0.3) is 11.4 Å². The number of pyridine rings is 1. The largest absolute Gasteiger partial charge is 0.489 e. The molecule has 0 fully saturated rings. The van der Waals surface area contributed by atoms with Crippen molar-refractivity contribution in [1.82, 2.24) is 19.7 Å². The third-order valence-corrected chi connectivity index (χ3v) is 6.39. The van der Waals surface area contributed by atoms with E-state index in [9.17, 15) is 4.79 Å². The molecule has 32 heavy (non-hydrogen) atoms. The number of benzene rings is 2. The molecular weight excluding hydrogens is 422 g/mol. The standard InChI is InChI=1S/C24H21N5O2S/c1-28-23(18-11-13-25-14-12-18)26-27-24(28)32-16-22(30)29-19-9-5-6-10-21(19)31-15-20(29)17-7-3-2-4-8-17/h2-14,20H,15-16H2,1H3. The topological polar surface area (TPSA) is 73.1 Å². The minimum Gasteiger partial charge on any atom is -0.489 e. The number of hydrogen-bond donors (Lipinski definition) is 0. The van der Waals surface area contributed by atoms with Crippen LogP contribution in [0.1, 0.15) is 11.6 Å². The predicted molar refractivity (Wildman–Crippen MR) is 124 cm³/mol. The summed E-state index contributed by atoms with van der Waals surface area (Å²) in [5.74, 6) is 1.69. The van der Waals surface area contributed by atoms with Crippen LogP contribution in [0.15, 0.2) is 84.3 Å². The number of hydrogen-bond acceptors (Lipinski definition) is 6. The van der Waals surface area contributed by atoms with Crippen LogP contribution in [0.3, 0.4) is 0 Å². The Hall–Kier alpha value is -3.65. The van der Waals surface area contributed by atoms with Gasteiger partial charge >= 0.3 is 0 Å². The molecule has 2 aromatic carbocycles. The van der Waals surface area contributed by atoms with E-state index in [1.807, 2.05) is 83.2 Å². The number of aromatic nitrogens is 4. The molecule has 0 aliphatic carbocycles. The maximum Gasteiger partial charge on any atom is 0.238 e.